The zero-order chi connectivity index (χ0) is 19.4. The largest absolute Gasteiger partial charge is 0.452 e. The van der Waals surface area contributed by atoms with E-state index in [0.29, 0.717) is 32.1 Å². The number of rotatable bonds is 5. The van der Waals surface area contributed by atoms with Gasteiger partial charge in [-0.1, -0.05) is 13.0 Å². The SMILES string of the molecule is CC1CCN(C(=O)COC(=O)c2cccc(S(=O)(=O)N3CCCC3)c2)CC1. The van der Waals surface area contributed by atoms with E-state index in [1.807, 2.05) is 0 Å². The van der Waals surface area contributed by atoms with Gasteiger partial charge in [0.1, 0.15) is 0 Å². The fourth-order valence-corrected chi connectivity index (χ4v) is 4.98. The van der Waals surface area contributed by atoms with Crippen molar-refractivity contribution in [1.29, 1.82) is 0 Å². The molecular weight excluding hydrogens is 368 g/mol. The Balaban J connectivity index is 1.61. The number of carbonyl (C=O) groups excluding carboxylic acids is 2. The molecule has 148 valence electrons. The first-order valence-corrected chi connectivity index (χ1v) is 10.9. The molecule has 1 amide bonds. The normalized spacial score (nSPS) is 19.2. The third kappa shape index (κ3) is 4.68. The molecule has 1 aromatic carbocycles. The van der Waals surface area contributed by atoms with Crippen LogP contribution in [0.2, 0.25) is 0 Å². The smallest absolute Gasteiger partial charge is 0.338 e. The summed E-state index contributed by atoms with van der Waals surface area (Å²) in [6.45, 7) is 4.20. The number of piperidine rings is 1. The summed E-state index contributed by atoms with van der Waals surface area (Å²) in [6, 6.07) is 5.82. The Morgan fingerprint density at radius 2 is 1.78 bits per heavy atom. The zero-order valence-corrected chi connectivity index (χ0v) is 16.4. The van der Waals surface area contributed by atoms with Gasteiger partial charge in [0.05, 0.1) is 10.5 Å². The lowest BCUT2D eigenvalue weighted by Crippen LogP contribution is -2.40. The van der Waals surface area contributed by atoms with Crippen LogP contribution in [-0.2, 0) is 19.6 Å². The van der Waals surface area contributed by atoms with Gasteiger partial charge in [-0.25, -0.2) is 13.2 Å². The summed E-state index contributed by atoms with van der Waals surface area (Å²) in [6.07, 6.45) is 3.60. The highest BCUT2D eigenvalue weighted by Gasteiger charge is 2.28. The molecule has 27 heavy (non-hydrogen) atoms. The van der Waals surface area contributed by atoms with Gasteiger partial charge >= 0.3 is 5.97 Å². The van der Waals surface area contributed by atoms with Gasteiger partial charge in [0.25, 0.3) is 5.91 Å². The molecule has 0 bridgehead atoms. The van der Waals surface area contributed by atoms with E-state index in [-0.39, 0.29) is 23.0 Å². The first kappa shape index (κ1) is 19.8. The lowest BCUT2D eigenvalue weighted by atomic mass is 9.99. The van der Waals surface area contributed by atoms with Crippen molar-refractivity contribution < 1.29 is 22.7 Å². The second kappa shape index (κ2) is 8.39. The molecule has 8 heteroatoms. The third-order valence-electron chi connectivity index (χ3n) is 5.24. The molecule has 2 saturated heterocycles. The van der Waals surface area contributed by atoms with Crippen molar-refractivity contribution in [3.63, 3.8) is 0 Å². The summed E-state index contributed by atoms with van der Waals surface area (Å²) < 4.78 is 31.8. The average Bonchev–Trinajstić information content (AvgIpc) is 3.22. The van der Waals surface area contributed by atoms with Crippen molar-refractivity contribution in [2.45, 2.75) is 37.5 Å². The average molecular weight is 394 g/mol. The maximum Gasteiger partial charge on any atom is 0.338 e. The van der Waals surface area contributed by atoms with Gasteiger partial charge in [0.15, 0.2) is 6.61 Å². The summed E-state index contributed by atoms with van der Waals surface area (Å²) in [7, 11) is -3.60. The Morgan fingerprint density at radius 3 is 2.44 bits per heavy atom. The van der Waals surface area contributed by atoms with Crippen LogP contribution in [-0.4, -0.2) is 62.3 Å². The lowest BCUT2D eigenvalue weighted by Gasteiger charge is -2.30. The van der Waals surface area contributed by atoms with E-state index in [1.165, 1.54) is 28.6 Å². The summed E-state index contributed by atoms with van der Waals surface area (Å²) >= 11 is 0. The van der Waals surface area contributed by atoms with Crippen LogP contribution in [0.5, 0.6) is 0 Å². The van der Waals surface area contributed by atoms with Gasteiger partial charge < -0.3 is 9.64 Å². The van der Waals surface area contributed by atoms with Crippen molar-refractivity contribution >= 4 is 21.9 Å². The highest BCUT2D eigenvalue weighted by molar-refractivity contribution is 7.89. The number of amides is 1. The highest BCUT2D eigenvalue weighted by Crippen LogP contribution is 2.22. The molecule has 2 fully saturated rings. The van der Waals surface area contributed by atoms with Crippen LogP contribution in [0.3, 0.4) is 0 Å². The number of ether oxygens (including phenoxy) is 1. The van der Waals surface area contributed by atoms with Gasteiger partial charge in [0, 0.05) is 26.2 Å². The first-order chi connectivity index (χ1) is 12.9. The molecule has 7 nitrogen and oxygen atoms in total. The Labute approximate surface area is 160 Å². The van der Waals surface area contributed by atoms with E-state index < -0.39 is 16.0 Å². The molecule has 0 spiro atoms. The van der Waals surface area contributed by atoms with Gasteiger partial charge in [0.2, 0.25) is 10.0 Å². The number of hydrogen-bond acceptors (Lipinski definition) is 5. The first-order valence-electron chi connectivity index (χ1n) is 9.43. The standard InChI is InChI=1S/C19H26N2O5S/c1-15-7-11-20(12-8-15)18(22)14-26-19(23)16-5-4-6-17(13-16)27(24,25)21-9-2-3-10-21/h4-6,13,15H,2-3,7-12,14H2,1H3. The maximum absolute atomic E-state index is 12.6. The van der Waals surface area contributed by atoms with Crippen LogP contribution in [0, 0.1) is 5.92 Å². The quantitative estimate of drug-likeness (QED) is 0.712. The monoisotopic (exact) mass is 394 g/mol. The van der Waals surface area contributed by atoms with E-state index in [1.54, 1.807) is 4.90 Å². The molecule has 3 rings (SSSR count). The minimum atomic E-state index is -3.60. The van der Waals surface area contributed by atoms with Crippen molar-refractivity contribution in [1.82, 2.24) is 9.21 Å². The number of sulfonamides is 1. The third-order valence-corrected chi connectivity index (χ3v) is 7.13. The molecule has 0 saturated carbocycles. The molecule has 1 aromatic rings. The Bertz CT molecular complexity index is 794. The minimum absolute atomic E-state index is 0.0789. The second-order valence-corrected chi connectivity index (χ2v) is 9.22. The predicted molar refractivity (Wildman–Crippen MR) is 99.7 cm³/mol. The molecular formula is C19H26N2O5S. The van der Waals surface area contributed by atoms with Gasteiger partial charge in [-0.3, -0.25) is 4.79 Å². The van der Waals surface area contributed by atoms with Crippen LogP contribution in [0.1, 0.15) is 43.0 Å². The molecule has 2 aliphatic heterocycles. The summed E-state index contributed by atoms with van der Waals surface area (Å²) in [5.41, 5.74) is 0.135. The molecule has 0 atom stereocenters. The number of esters is 1. The van der Waals surface area contributed by atoms with Crippen molar-refractivity contribution in [3.8, 4) is 0 Å². The Hall–Kier alpha value is -1.93. The van der Waals surface area contributed by atoms with E-state index in [2.05, 4.69) is 6.92 Å². The number of nitrogens with zero attached hydrogens (tertiary/aromatic N) is 2. The van der Waals surface area contributed by atoms with Gasteiger partial charge in [-0.15, -0.1) is 0 Å². The van der Waals surface area contributed by atoms with Crippen LogP contribution < -0.4 is 0 Å². The summed E-state index contributed by atoms with van der Waals surface area (Å²) in [5, 5.41) is 0. The Kier molecular flexibility index (Phi) is 6.16. The van der Waals surface area contributed by atoms with Crippen LogP contribution in [0.4, 0.5) is 0 Å². The molecule has 0 unspecified atom stereocenters. The van der Waals surface area contributed by atoms with Crippen molar-refractivity contribution in [2.75, 3.05) is 32.8 Å². The molecule has 0 N–H and O–H groups in total. The van der Waals surface area contributed by atoms with Gasteiger partial charge in [-0.2, -0.15) is 4.31 Å². The lowest BCUT2D eigenvalue weighted by molar-refractivity contribution is -0.135. The number of carbonyl (C=O) groups is 2. The zero-order valence-electron chi connectivity index (χ0n) is 15.6. The number of benzene rings is 1. The maximum atomic E-state index is 12.6. The fraction of sp³-hybridized carbons (Fsp3) is 0.579. The van der Waals surface area contributed by atoms with E-state index >= 15 is 0 Å². The second-order valence-electron chi connectivity index (χ2n) is 7.28. The molecule has 0 aliphatic carbocycles. The van der Waals surface area contributed by atoms with Crippen LogP contribution in [0.25, 0.3) is 0 Å². The number of hydrogen-bond donors (Lipinski definition) is 0. The number of likely N-dealkylation sites (tertiary alicyclic amines) is 1. The summed E-state index contributed by atoms with van der Waals surface area (Å²) in [4.78, 5) is 26.3. The summed E-state index contributed by atoms with van der Waals surface area (Å²) in [5.74, 6) is -0.291. The van der Waals surface area contributed by atoms with Crippen LogP contribution in [0.15, 0.2) is 29.2 Å². The van der Waals surface area contributed by atoms with E-state index in [0.717, 1.165) is 25.7 Å². The molecule has 2 heterocycles. The van der Waals surface area contributed by atoms with Crippen LogP contribution >= 0.6 is 0 Å². The van der Waals surface area contributed by atoms with E-state index in [4.69, 9.17) is 4.74 Å². The highest BCUT2D eigenvalue weighted by atomic mass is 32.2. The van der Waals surface area contributed by atoms with E-state index in [9.17, 15) is 18.0 Å². The van der Waals surface area contributed by atoms with Crippen molar-refractivity contribution in [3.05, 3.63) is 29.8 Å². The Morgan fingerprint density at radius 1 is 1.11 bits per heavy atom. The molecule has 0 aromatic heterocycles. The van der Waals surface area contributed by atoms with Crippen molar-refractivity contribution in [2.24, 2.45) is 5.92 Å². The topological polar surface area (TPSA) is 84.0 Å². The minimum Gasteiger partial charge on any atom is -0.452 e. The fourth-order valence-electron chi connectivity index (χ4n) is 3.42. The molecule has 0 radical (unpaired) electrons. The van der Waals surface area contributed by atoms with Gasteiger partial charge in [-0.05, 0) is 49.8 Å². The molecule has 2 aliphatic rings. The predicted octanol–water partition coefficient (Wildman–Crippen LogP) is 1.89.